The molecule has 0 saturated heterocycles. The third kappa shape index (κ3) is 2.09. The van der Waals surface area contributed by atoms with Gasteiger partial charge in [0.1, 0.15) is 5.82 Å². The van der Waals surface area contributed by atoms with Crippen LogP contribution in [0.2, 0.25) is 5.02 Å². The van der Waals surface area contributed by atoms with Crippen molar-refractivity contribution in [1.29, 1.82) is 0 Å². The highest BCUT2D eigenvalue weighted by Crippen LogP contribution is 2.29. The molecule has 0 unspecified atom stereocenters. The first-order valence-corrected chi connectivity index (χ1v) is 3.75. The van der Waals surface area contributed by atoms with Crippen LogP contribution in [0.25, 0.3) is 0 Å². The largest absolute Gasteiger partial charge is 0.511 e. The van der Waals surface area contributed by atoms with Crippen LogP contribution in [0.5, 0.6) is 5.75 Å². The predicted octanol–water partition coefficient (Wildman–Crippen LogP) is 2.84. The minimum atomic E-state index is -1.48. The number of hydrogen-bond donors (Lipinski definition) is 1. The summed E-state index contributed by atoms with van der Waals surface area (Å²) >= 11 is 5.61. The van der Waals surface area contributed by atoms with Crippen molar-refractivity contribution >= 4 is 17.8 Å². The molecule has 0 aromatic heterocycles. The van der Waals surface area contributed by atoms with Crippen LogP contribution in [0, 0.1) is 12.7 Å². The maximum absolute atomic E-state index is 12.8. The predicted molar refractivity (Wildman–Crippen MR) is 44.8 cm³/mol. The summed E-state index contributed by atoms with van der Waals surface area (Å²) in [6, 6.07) is 2.26. The minimum absolute atomic E-state index is 0.0256. The molecule has 0 bridgehead atoms. The smallest absolute Gasteiger partial charge is 0.449 e. The van der Waals surface area contributed by atoms with Crippen molar-refractivity contribution in [3.05, 3.63) is 28.5 Å². The van der Waals surface area contributed by atoms with Crippen molar-refractivity contribution in [3.63, 3.8) is 0 Å². The van der Waals surface area contributed by atoms with Gasteiger partial charge in [0.2, 0.25) is 0 Å². The SMILES string of the molecule is Cc1c(F)ccc(OC(=O)O)c1Cl. The Morgan fingerprint density at radius 3 is 2.77 bits per heavy atom. The molecule has 0 fully saturated rings. The van der Waals surface area contributed by atoms with Gasteiger partial charge in [-0.05, 0) is 19.1 Å². The Bertz CT molecular complexity index is 351. The molecule has 0 aliphatic heterocycles. The molecule has 3 nitrogen and oxygen atoms in total. The highest BCUT2D eigenvalue weighted by atomic mass is 35.5. The first kappa shape index (κ1) is 9.80. The molecule has 0 amide bonds. The Hall–Kier alpha value is -1.29. The van der Waals surface area contributed by atoms with E-state index < -0.39 is 12.0 Å². The number of ether oxygens (including phenoxy) is 1. The maximum Gasteiger partial charge on any atom is 0.511 e. The lowest BCUT2D eigenvalue weighted by Gasteiger charge is -2.05. The second-order valence-electron chi connectivity index (χ2n) is 2.35. The van der Waals surface area contributed by atoms with E-state index in [2.05, 4.69) is 4.74 Å². The molecular weight excluding hydrogens is 199 g/mol. The van der Waals surface area contributed by atoms with Gasteiger partial charge in [0.05, 0.1) is 5.02 Å². The molecule has 13 heavy (non-hydrogen) atoms. The Kier molecular flexibility index (Phi) is 2.72. The second-order valence-corrected chi connectivity index (χ2v) is 2.73. The van der Waals surface area contributed by atoms with E-state index in [1.54, 1.807) is 0 Å². The lowest BCUT2D eigenvalue weighted by atomic mass is 10.2. The quantitative estimate of drug-likeness (QED) is 0.565. The zero-order valence-corrected chi connectivity index (χ0v) is 7.43. The monoisotopic (exact) mass is 204 g/mol. The van der Waals surface area contributed by atoms with Gasteiger partial charge in [0, 0.05) is 5.56 Å². The van der Waals surface area contributed by atoms with Gasteiger partial charge in [-0.3, -0.25) is 0 Å². The van der Waals surface area contributed by atoms with Crippen molar-refractivity contribution in [3.8, 4) is 5.75 Å². The van der Waals surface area contributed by atoms with Crippen molar-refractivity contribution in [1.82, 2.24) is 0 Å². The molecule has 5 heteroatoms. The van der Waals surface area contributed by atoms with Crippen LogP contribution in [0.15, 0.2) is 12.1 Å². The standard InChI is InChI=1S/C8H6ClFO3/c1-4-5(10)2-3-6(7(4)9)13-8(11)12/h2-3H,1H3,(H,11,12). The molecule has 1 rings (SSSR count). The third-order valence-electron chi connectivity index (χ3n) is 1.48. The van der Waals surface area contributed by atoms with E-state index in [4.69, 9.17) is 16.7 Å². The Labute approximate surface area is 78.7 Å². The molecule has 0 heterocycles. The maximum atomic E-state index is 12.8. The van der Waals surface area contributed by atoms with Gasteiger partial charge < -0.3 is 9.84 Å². The van der Waals surface area contributed by atoms with Crippen molar-refractivity contribution in [2.24, 2.45) is 0 Å². The number of halogens is 2. The lowest BCUT2D eigenvalue weighted by Crippen LogP contribution is -2.04. The number of carboxylic acid groups (broad SMARTS) is 1. The zero-order chi connectivity index (χ0) is 10.0. The Morgan fingerprint density at radius 1 is 1.62 bits per heavy atom. The molecule has 0 atom stereocenters. The van der Waals surface area contributed by atoms with Crippen molar-refractivity contribution < 1.29 is 19.0 Å². The summed E-state index contributed by atoms with van der Waals surface area (Å²) in [6.45, 7) is 1.44. The molecule has 1 aromatic rings. The summed E-state index contributed by atoms with van der Waals surface area (Å²) in [4.78, 5) is 10.1. The van der Waals surface area contributed by atoms with E-state index in [-0.39, 0.29) is 16.3 Å². The molecular formula is C8H6ClFO3. The third-order valence-corrected chi connectivity index (χ3v) is 1.95. The van der Waals surface area contributed by atoms with Crippen LogP contribution in [0.4, 0.5) is 9.18 Å². The molecule has 0 saturated carbocycles. The van der Waals surface area contributed by atoms with E-state index >= 15 is 0 Å². The summed E-state index contributed by atoms with van der Waals surface area (Å²) in [5.41, 5.74) is 0.167. The highest BCUT2D eigenvalue weighted by molar-refractivity contribution is 6.32. The number of benzene rings is 1. The van der Waals surface area contributed by atoms with Gasteiger partial charge in [-0.15, -0.1) is 0 Å². The Balaban J connectivity index is 3.10. The number of rotatable bonds is 1. The average molecular weight is 205 g/mol. The molecule has 1 aromatic carbocycles. The van der Waals surface area contributed by atoms with Gasteiger partial charge >= 0.3 is 6.16 Å². The minimum Gasteiger partial charge on any atom is -0.449 e. The fourth-order valence-corrected chi connectivity index (χ4v) is 1.00. The molecule has 70 valence electrons. The topological polar surface area (TPSA) is 46.5 Å². The van der Waals surface area contributed by atoms with Gasteiger partial charge in [-0.1, -0.05) is 11.6 Å². The summed E-state index contributed by atoms with van der Waals surface area (Å²) in [5.74, 6) is -0.559. The first-order chi connectivity index (χ1) is 6.02. The average Bonchev–Trinajstić information content (AvgIpc) is 2.06. The fourth-order valence-electron chi connectivity index (χ4n) is 0.810. The van der Waals surface area contributed by atoms with Gasteiger partial charge in [-0.2, -0.15) is 0 Å². The number of hydrogen-bond acceptors (Lipinski definition) is 2. The van der Waals surface area contributed by atoms with Gasteiger partial charge in [0.25, 0.3) is 0 Å². The van der Waals surface area contributed by atoms with E-state index in [0.29, 0.717) is 0 Å². The van der Waals surface area contributed by atoms with Crippen LogP contribution in [-0.2, 0) is 0 Å². The van der Waals surface area contributed by atoms with Crippen LogP contribution in [0.3, 0.4) is 0 Å². The number of carbonyl (C=O) groups is 1. The summed E-state index contributed by atoms with van der Waals surface area (Å²) in [7, 11) is 0. The summed E-state index contributed by atoms with van der Waals surface area (Å²) in [5, 5.41) is 8.25. The van der Waals surface area contributed by atoms with Crippen LogP contribution < -0.4 is 4.74 Å². The summed E-state index contributed by atoms with van der Waals surface area (Å²) in [6.07, 6.45) is -1.48. The Morgan fingerprint density at radius 2 is 2.23 bits per heavy atom. The first-order valence-electron chi connectivity index (χ1n) is 3.37. The molecule has 0 aliphatic rings. The van der Waals surface area contributed by atoms with E-state index in [1.165, 1.54) is 13.0 Å². The normalized spacial score (nSPS) is 9.77. The molecule has 0 aliphatic carbocycles. The van der Waals surface area contributed by atoms with Crippen molar-refractivity contribution in [2.75, 3.05) is 0 Å². The van der Waals surface area contributed by atoms with Gasteiger partial charge in [0.15, 0.2) is 5.75 Å². The van der Waals surface area contributed by atoms with E-state index in [1.807, 2.05) is 0 Å². The molecule has 0 spiro atoms. The van der Waals surface area contributed by atoms with Crippen LogP contribution in [0.1, 0.15) is 5.56 Å². The fraction of sp³-hybridized carbons (Fsp3) is 0.125. The molecule has 0 radical (unpaired) electrons. The highest BCUT2D eigenvalue weighted by Gasteiger charge is 2.11. The summed E-state index contributed by atoms with van der Waals surface area (Å²) < 4.78 is 17.1. The van der Waals surface area contributed by atoms with E-state index in [0.717, 1.165) is 6.07 Å². The second kappa shape index (κ2) is 3.62. The van der Waals surface area contributed by atoms with E-state index in [9.17, 15) is 9.18 Å². The van der Waals surface area contributed by atoms with Gasteiger partial charge in [-0.25, -0.2) is 9.18 Å². The van der Waals surface area contributed by atoms with Crippen LogP contribution in [-0.4, -0.2) is 11.3 Å². The lowest BCUT2D eigenvalue weighted by molar-refractivity contribution is 0.144. The zero-order valence-electron chi connectivity index (χ0n) is 6.67. The molecule has 1 N–H and O–H groups in total. The van der Waals surface area contributed by atoms with Crippen molar-refractivity contribution in [2.45, 2.75) is 6.92 Å². The van der Waals surface area contributed by atoms with Crippen LogP contribution >= 0.6 is 11.6 Å².